The Bertz CT molecular complexity index is 308. The Morgan fingerprint density at radius 3 is 2.86 bits per heavy atom. The predicted molar refractivity (Wildman–Crippen MR) is 48.0 cm³/mol. The van der Waals surface area contributed by atoms with Gasteiger partial charge in [-0.15, -0.1) is 0 Å². The van der Waals surface area contributed by atoms with Crippen LogP contribution < -0.4 is 16.6 Å². The van der Waals surface area contributed by atoms with Gasteiger partial charge in [-0.1, -0.05) is 0 Å². The summed E-state index contributed by atoms with van der Waals surface area (Å²) in [5.41, 5.74) is 1.96. The first-order chi connectivity index (χ1) is 6.74. The summed E-state index contributed by atoms with van der Waals surface area (Å²) in [7, 11) is 0. The number of nitrogens with two attached hydrogens (primary N) is 1. The first-order valence-electron chi connectivity index (χ1n) is 4.05. The van der Waals surface area contributed by atoms with Crippen molar-refractivity contribution in [1.82, 2.24) is 10.7 Å². The zero-order valence-corrected chi connectivity index (χ0v) is 7.45. The van der Waals surface area contributed by atoms with Crippen molar-refractivity contribution in [2.45, 2.75) is 6.42 Å². The molecule has 0 aliphatic rings. The van der Waals surface area contributed by atoms with Gasteiger partial charge in [0.25, 0.3) is 5.91 Å². The van der Waals surface area contributed by atoms with Crippen LogP contribution >= 0.6 is 0 Å². The van der Waals surface area contributed by atoms with Gasteiger partial charge < -0.3 is 9.73 Å². The fourth-order valence-electron chi connectivity index (χ4n) is 0.857. The van der Waals surface area contributed by atoms with Crippen LogP contribution in [0.5, 0.6) is 0 Å². The lowest BCUT2D eigenvalue weighted by molar-refractivity contribution is -0.121. The smallest absolute Gasteiger partial charge is 0.286 e. The van der Waals surface area contributed by atoms with Crippen molar-refractivity contribution < 1.29 is 14.0 Å². The molecule has 1 heterocycles. The summed E-state index contributed by atoms with van der Waals surface area (Å²) in [4.78, 5) is 21.9. The molecule has 0 saturated carbocycles. The maximum Gasteiger partial charge on any atom is 0.286 e. The molecule has 0 fully saturated rings. The standard InChI is InChI=1S/C8H11N3O3/c9-11-7(12)3-4-10-8(13)6-2-1-5-14-6/h1-2,5H,3-4,9H2,(H,10,13)(H,11,12). The average Bonchev–Trinajstić information content (AvgIpc) is 2.70. The van der Waals surface area contributed by atoms with E-state index in [0.717, 1.165) is 0 Å². The summed E-state index contributed by atoms with van der Waals surface area (Å²) < 4.78 is 4.84. The molecule has 0 saturated heterocycles. The number of rotatable bonds is 4. The van der Waals surface area contributed by atoms with Crippen LogP contribution in [0.3, 0.4) is 0 Å². The van der Waals surface area contributed by atoms with E-state index in [0.29, 0.717) is 0 Å². The van der Waals surface area contributed by atoms with Gasteiger partial charge >= 0.3 is 0 Å². The number of hydrazine groups is 1. The van der Waals surface area contributed by atoms with Crippen LogP contribution in [0.25, 0.3) is 0 Å². The van der Waals surface area contributed by atoms with Gasteiger partial charge in [0.15, 0.2) is 5.76 Å². The molecule has 0 aromatic carbocycles. The minimum Gasteiger partial charge on any atom is -0.459 e. The SMILES string of the molecule is NNC(=O)CCNC(=O)c1ccco1. The third kappa shape index (κ3) is 2.91. The molecule has 0 unspecified atom stereocenters. The van der Waals surface area contributed by atoms with Crippen molar-refractivity contribution in [2.75, 3.05) is 6.54 Å². The van der Waals surface area contributed by atoms with Crippen molar-refractivity contribution in [3.63, 3.8) is 0 Å². The van der Waals surface area contributed by atoms with Gasteiger partial charge in [-0.05, 0) is 12.1 Å². The summed E-state index contributed by atoms with van der Waals surface area (Å²) in [6.07, 6.45) is 1.55. The fraction of sp³-hybridized carbons (Fsp3) is 0.250. The lowest BCUT2D eigenvalue weighted by atomic mass is 10.3. The summed E-state index contributed by atoms with van der Waals surface area (Å²) >= 11 is 0. The minimum atomic E-state index is -0.347. The molecule has 76 valence electrons. The molecule has 14 heavy (non-hydrogen) atoms. The zero-order valence-electron chi connectivity index (χ0n) is 7.45. The van der Waals surface area contributed by atoms with Gasteiger partial charge in [-0.2, -0.15) is 0 Å². The second-order valence-corrected chi connectivity index (χ2v) is 2.55. The van der Waals surface area contributed by atoms with Crippen molar-refractivity contribution in [1.29, 1.82) is 0 Å². The van der Waals surface area contributed by atoms with Crippen LogP contribution in [0, 0.1) is 0 Å². The van der Waals surface area contributed by atoms with E-state index in [1.54, 1.807) is 12.1 Å². The lowest BCUT2D eigenvalue weighted by Crippen LogP contribution is -2.34. The molecule has 6 heteroatoms. The average molecular weight is 197 g/mol. The van der Waals surface area contributed by atoms with Crippen LogP contribution in [0.4, 0.5) is 0 Å². The van der Waals surface area contributed by atoms with Crippen LogP contribution in [0.2, 0.25) is 0 Å². The molecule has 0 atom stereocenters. The van der Waals surface area contributed by atoms with Crippen molar-refractivity contribution in [2.24, 2.45) is 5.84 Å². The third-order valence-electron chi connectivity index (χ3n) is 1.54. The molecule has 0 aliphatic heterocycles. The second-order valence-electron chi connectivity index (χ2n) is 2.55. The molecule has 4 N–H and O–H groups in total. The van der Waals surface area contributed by atoms with E-state index in [4.69, 9.17) is 10.3 Å². The van der Waals surface area contributed by atoms with E-state index in [1.807, 2.05) is 5.43 Å². The Hall–Kier alpha value is -1.82. The van der Waals surface area contributed by atoms with Gasteiger partial charge in [0, 0.05) is 13.0 Å². The topological polar surface area (TPSA) is 97.4 Å². The molecule has 0 bridgehead atoms. The Balaban J connectivity index is 2.26. The number of amides is 2. The molecule has 0 spiro atoms. The molecule has 0 aliphatic carbocycles. The highest BCUT2D eigenvalue weighted by Gasteiger charge is 2.07. The highest BCUT2D eigenvalue weighted by molar-refractivity contribution is 5.91. The van der Waals surface area contributed by atoms with E-state index in [1.165, 1.54) is 6.26 Å². The Morgan fingerprint density at radius 2 is 2.29 bits per heavy atom. The van der Waals surface area contributed by atoms with E-state index < -0.39 is 0 Å². The quantitative estimate of drug-likeness (QED) is 0.340. The zero-order chi connectivity index (χ0) is 10.4. The lowest BCUT2D eigenvalue weighted by Gasteiger charge is -2.01. The van der Waals surface area contributed by atoms with E-state index in [2.05, 4.69) is 5.32 Å². The number of nitrogens with one attached hydrogen (secondary N) is 2. The van der Waals surface area contributed by atoms with Crippen LogP contribution in [0.1, 0.15) is 17.0 Å². The minimum absolute atomic E-state index is 0.142. The molecule has 0 radical (unpaired) electrons. The first-order valence-corrected chi connectivity index (χ1v) is 4.05. The number of hydrogen-bond acceptors (Lipinski definition) is 4. The maximum atomic E-state index is 11.2. The van der Waals surface area contributed by atoms with Crippen LogP contribution in [-0.4, -0.2) is 18.4 Å². The molecule has 1 aromatic heterocycles. The van der Waals surface area contributed by atoms with Crippen LogP contribution in [0.15, 0.2) is 22.8 Å². The van der Waals surface area contributed by atoms with E-state index >= 15 is 0 Å². The van der Waals surface area contributed by atoms with E-state index in [-0.39, 0.29) is 30.5 Å². The van der Waals surface area contributed by atoms with Gasteiger partial charge in [0.2, 0.25) is 5.91 Å². The Morgan fingerprint density at radius 1 is 1.50 bits per heavy atom. The van der Waals surface area contributed by atoms with Crippen molar-refractivity contribution >= 4 is 11.8 Å². The third-order valence-corrected chi connectivity index (χ3v) is 1.54. The summed E-state index contributed by atoms with van der Waals surface area (Å²) in [6.45, 7) is 0.225. The second kappa shape index (κ2) is 5.03. The molecule has 6 nitrogen and oxygen atoms in total. The summed E-state index contributed by atoms with van der Waals surface area (Å²) in [6, 6.07) is 3.15. The first kappa shape index (κ1) is 10.3. The molecule has 2 amide bonds. The van der Waals surface area contributed by atoms with Crippen molar-refractivity contribution in [3.8, 4) is 0 Å². The molecular formula is C8H11N3O3. The molecular weight excluding hydrogens is 186 g/mol. The summed E-state index contributed by atoms with van der Waals surface area (Å²) in [5, 5.41) is 2.50. The highest BCUT2D eigenvalue weighted by atomic mass is 16.3. The Labute approximate surface area is 80.4 Å². The molecule has 1 rings (SSSR count). The predicted octanol–water partition coefficient (Wildman–Crippen LogP) is -0.611. The van der Waals surface area contributed by atoms with Crippen molar-refractivity contribution in [3.05, 3.63) is 24.2 Å². The Kier molecular flexibility index (Phi) is 3.69. The number of furan rings is 1. The number of hydrogen-bond donors (Lipinski definition) is 3. The number of carbonyl (C=O) groups excluding carboxylic acids is 2. The van der Waals surface area contributed by atoms with Gasteiger partial charge in [0.1, 0.15) is 0 Å². The van der Waals surface area contributed by atoms with Gasteiger partial charge in [-0.25, -0.2) is 5.84 Å². The highest BCUT2D eigenvalue weighted by Crippen LogP contribution is 1.98. The fourth-order valence-corrected chi connectivity index (χ4v) is 0.857. The van der Waals surface area contributed by atoms with Crippen LogP contribution in [-0.2, 0) is 4.79 Å². The normalized spacial score (nSPS) is 9.50. The monoisotopic (exact) mass is 197 g/mol. The molecule has 1 aromatic rings. The van der Waals surface area contributed by atoms with E-state index in [9.17, 15) is 9.59 Å². The summed E-state index contributed by atoms with van der Waals surface area (Å²) in [5.74, 6) is 4.40. The van der Waals surface area contributed by atoms with Gasteiger partial charge in [-0.3, -0.25) is 15.0 Å². The number of carbonyl (C=O) groups is 2. The van der Waals surface area contributed by atoms with Gasteiger partial charge in [0.05, 0.1) is 6.26 Å². The largest absolute Gasteiger partial charge is 0.459 e. The maximum absolute atomic E-state index is 11.2.